The predicted octanol–water partition coefficient (Wildman–Crippen LogP) is 4.25. The second-order valence-electron chi connectivity index (χ2n) is 6.16. The Bertz CT molecular complexity index is 331. The molecule has 0 radical (unpaired) electrons. The molecular weight excluding hydrogens is 208 g/mol. The van der Waals surface area contributed by atoms with E-state index in [-0.39, 0.29) is 0 Å². The molecule has 0 fully saturated rings. The molecule has 2 atom stereocenters. The molecule has 0 aromatic heterocycles. The van der Waals surface area contributed by atoms with Gasteiger partial charge >= 0.3 is 0 Å². The van der Waals surface area contributed by atoms with Crippen LogP contribution in [0.2, 0.25) is 0 Å². The summed E-state index contributed by atoms with van der Waals surface area (Å²) in [6.45, 7) is 12.3. The van der Waals surface area contributed by atoms with Gasteiger partial charge in [-0.1, -0.05) is 43.7 Å². The second-order valence-corrected chi connectivity index (χ2v) is 6.16. The van der Waals surface area contributed by atoms with Gasteiger partial charge in [0.1, 0.15) is 0 Å². The first-order valence-corrected chi connectivity index (χ1v) is 6.48. The number of hydrogen-bond donors (Lipinski definition) is 1. The Labute approximate surface area is 106 Å². The summed E-state index contributed by atoms with van der Waals surface area (Å²) in [6, 6.07) is 0. The lowest BCUT2D eigenvalue weighted by molar-refractivity contribution is 0.114. The van der Waals surface area contributed by atoms with Crippen LogP contribution in [0, 0.1) is 11.3 Å². The molecule has 0 aromatic carbocycles. The van der Waals surface area contributed by atoms with Gasteiger partial charge in [0.25, 0.3) is 0 Å². The molecule has 1 aliphatic carbocycles. The monoisotopic (exact) mass is 234 g/mol. The van der Waals surface area contributed by atoms with E-state index in [1.54, 1.807) is 6.08 Å². The van der Waals surface area contributed by atoms with E-state index in [2.05, 4.69) is 39.5 Å². The van der Waals surface area contributed by atoms with Crippen LogP contribution >= 0.6 is 0 Å². The van der Waals surface area contributed by atoms with Crippen molar-refractivity contribution < 1.29 is 5.11 Å². The zero-order valence-electron chi connectivity index (χ0n) is 11.7. The lowest BCUT2D eigenvalue weighted by atomic mass is 9.68. The number of rotatable bonds is 4. The summed E-state index contributed by atoms with van der Waals surface area (Å²) in [5.74, 6) is 0.438. The quantitative estimate of drug-likeness (QED) is 0.721. The van der Waals surface area contributed by atoms with Gasteiger partial charge in [0.15, 0.2) is 0 Å². The smallest absolute Gasteiger partial charge is 0.0834 e. The van der Waals surface area contributed by atoms with Crippen LogP contribution in [-0.2, 0) is 0 Å². The standard InChI is InChI=1S/C16H26O/c1-6-10-16(5,17)12-9-14-13(2)8-7-11-15(14,3)4/h6,8-9,12,14,17H,1,7,10-11H2,2-5H3. The maximum Gasteiger partial charge on any atom is 0.0834 e. The van der Waals surface area contributed by atoms with Crippen LogP contribution in [0.5, 0.6) is 0 Å². The predicted molar refractivity (Wildman–Crippen MR) is 74.8 cm³/mol. The Balaban J connectivity index is 2.85. The summed E-state index contributed by atoms with van der Waals surface area (Å²) < 4.78 is 0. The molecule has 0 saturated carbocycles. The van der Waals surface area contributed by atoms with Gasteiger partial charge < -0.3 is 5.11 Å². The number of allylic oxidation sites excluding steroid dienone is 3. The Morgan fingerprint density at radius 2 is 2.24 bits per heavy atom. The van der Waals surface area contributed by atoms with Gasteiger partial charge in [0, 0.05) is 5.92 Å². The molecule has 1 rings (SSSR count). The highest BCUT2D eigenvalue weighted by Gasteiger charge is 2.31. The van der Waals surface area contributed by atoms with Gasteiger partial charge in [-0.25, -0.2) is 0 Å². The third-order valence-corrected chi connectivity index (χ3v) is 3.79. The molecule has 0 amide bonds. The minimum atomic E-state index is -0.768. The van der Waals surface area contributed by atoms with Gasteiger partial charge in [0.2, 0.25) is 0 Å². The molecular formula is C16H26O. The first kappa shape index (κ1) is 14.2. The highest BCUT2D eigenvalue weighted by molar-refractivity contribution is 5.20. The molecule has 0 aromatic rings. The Morgan fingerprint density at radius 1 is 1.59 bits per heavy atom. The SMILES string of the molecule is C=CCC(C)(O)C=CC1C(C)=CCCC1(C)C. The first-order valence-electron chi connectivity index (χ1n) is 6.48. The van der Waals surface area contributed by atoms with Gasteiger partial charge in [0.05, 0.1) is 5.60 Å². The maximum absolute atomic E-state index is 10.1. The zero-order chi connectivity index (χ0) is 13.1. The molecule has 2 unspecified atom stereocenters. The molecule has 0 heterocycles. The van der Waals surface area contributed by atoms with Crippen molar-refractivity contribution in [3.63, 3.8) is 0 Å². The molecule has 96 valence electrons. The Hall–Kier alpha value is -0.820. The fraction of sp³-hybridized carbons (Fsp3) is 0.625. The third kappa shape index (κ3) is 3.85. The average Bonchev–Trinajstić information content (AvgIpc) is 2.15. The third-order valence-electron chi connectivity index (χ3n) is 3.79. The van der Waals surface area contributed by atoms with E-state index in [1.165, 1.54) is 18.4 Å². The fourth-order valence-corrected chi connectivity index (χ4v) is 2.65. The highest BCUT2D eigenvalue weighted by atomic mass is 16.3. The van der Waals surface area contributed by atoms with Crippen LogP contribution in [0.25, 0.3) is 0 Å². The highest BCUT2D eigenvalue weighted by Crippen LogP contribution is 2.41. The van der Waals surface area contributed by atoms with Crippen LogP contribution in [0.3, 0.4) is 0 Å². The fourth-order valence-electron chi connectivity index (χ4n) is 2.65. The molecule has 0 spiro atoms. The van der Waals surface area contributed by atoms with Crippen molar-refractivity contribution in [3.05, 3.63) is 36.5 Å². The van der Waals surface area contributed by atoms with Crippen molar-refractivity contribution in [2.24, 2.45) is 11.3 Å². The topological polar surface area (TPSA) is 20.2 Å². The van der Waals surface area contributed by atoms with E-state index >= 15 is 0 Å². The molecule has 0 bridgehead atoms. The minimum absolute atomic E-state index is 0.291. The average molecular weight is 234 g/mol. The zero-order valence-corrected chi connectivity index (χ0v) is 11.7. The lowest BCUT2D eigenvalue weighted by Crippen LogP contribution is -2.27. The molecule has 0 aliphatic heterocycles. The second kappa shape index (κ2) is 5.22. The first-order chi connectivity index (χ1) is 7.78. The molecule has 1 heteroatoms. The molecule has 0 saturated heterocycles. The van der Waals surface area contributed by atoms with E-state index in [0.717, 1.165) is 0 Å². The molecule has 1 aliphatic rings. The van der Waals surface area contributed by atoms with Gasteiger partial charge in [-0.05, 0) is 38.5 Å². The Morgan fingerprint density at radius 3 is 2.76 bits per heavy atom. The lowest BCUT2D eigenvalue weighted by Gasteiger charge is -2.37. The molecule has 1 N–H and O–H groups in total. The normalized spacial score (nSPS) is 27.6. The maximum atomic E-state index is 10.1. The summed E-state index contributed by atoms with van der Waals surface area (Å²) in [4.78, 5) is 0. The van der Waals surface area contributed by atoms with Crippen LogP contribution in [0.4, 0.5) is 0 Å². The Kier molecular flexibility index (Phi) is 4.37. The van der Waals surface area contributed by atoms with E-state index in [1.807, 2.05) is 13.0 Å². The summed E-state index contributed by atoms with van der Waals surface area (Å²) in [5.41, 5.74) is 0.946. The van der Waals surface area contributed by atoms with Crippen LogP contribution in [0.15, 0.2) is 36.5 Å². The van der Waals surface area contributed by atoms with Crippen molar-refractivity contribution in [3.8, 4) is 0 Å². The van der Waals surface area contributed by atoms with Crippen LogP contribution < -0.4 is 0 Å². The van der Waals surface area contributed by atoms with Gasteiger partial charge in [-0.3, -0.25) is 0 Å². The van der Waals surface area contributed by atoms with Gasteiger partial charge in [-0.2, -0.15) is 0 Å². The van der Waals surface area contributed by atoms with E-state index in [9.17, 15) is 5.11 Å². The van der Waals surface area contributed by atoms with Crippen molar-refractivity contribution in [1.82, 2.24) is 0 Å². The van der Waals surface area contributed by atoms with E-state index < -0.39 is 5.60 Å². The van der Waals surface area contributed by atoms with Crippen molar-refractivity contribution in [2.75, 3.05) is 0 Å². The summed E-state index contributed by atoms with van der Waals surface area (Å²) >= 11 is 0. The van der Waals surface area contributed by atoms with Crippen molar-refractivity contribution >= 4 is 0 Å². The number of aliphatic hydroxyl groups is 1. The van der Waals surface area contributed by atoms with Crippen LogP contribution in [-0.4, -0.2) is 10.7 Å². The largest absolute Gasteiger partial charge is 0.386 e. The summed E-state index contributed by atoms with van der Waals surface area (Å²) in [5, 5.41) is 10.1. The van der Waals surface area contributed by atoms with E-state index in [0.29, 0.717) is 17.8 Å². The van der Waals surface area contributed by atoms with E-state index in [4.69, 9.17) is 0 Å². The number of hydrogen-bond acceptors (Lipinski definition) is 1. The van der Waals surface area contributed by atoms with Gasteiger partial charge in [-0.15, -0.1) is 6.58 Å². The summed E-state index contributed by atoms with van der Waals surface area (Å²) in [6.07, 6.45) is 11.2. The molecule has 1 nitrogen and oxygen atoms in total. The summed E-state index contributed by atoms with van der Waals surface area (Å²) in [7, 11) is 0. The molecule has 17 heavy (non-hydrogen) atoms. The minimum Gasteiger partial charge on any atom is -0.386 e. The van der Waals surface area contributed by atoms with Crippen molar-refractivity contribution in [2.45, 2.75) is 52.6 Å². The van der Waals surface area contributed by atoms with Crippen molar-refractivity contribution in [1.29, 1.82) is 0 Å². The van der Waals surface area contributed by atoms with Crippen LogP contribution in [0.1, 0.15) is 47.0 Å².